The monoisotopic (exact) mass is 250 g/mol. The fraction of sp³-hybridized carbons (Fsp3) is 0.583. The molecule has 1 aromatic rings. The van der Waals surface area contributed by atoms with Gasteiger partial charge in [0.15, 0.2) is 11.5 Å². The SMILES string of the molecule is COCCN(c1nccnc1C#N)C(C)COC. The Labute approximate surface area is 107 Å². The largest absolute Gasteiger partial charge is 0.383 e. The third-order valence-electron chi connectivity index (χ3n) is 2.53. The average molecular weight is 250 g/mol. The van der Waals surface area contributed by atoms with Crippen LogP contribution in [0.2, 0.25) is 0 Å². The van der Waals surface area contributed by atoms with Crippen LogP contribution in [0.15, 0.2) is 12.4 Å². The Kier molecular flexibility index (Phi) is 6.05. The summed E-state index contributed by atoms with van der Waals surface area (Å²) in [5.41, 5.74) is 0.316. The number of hydrogen-bond donors (Lipinski definition) is 0. The van der Waals surface area contributed by atoms with Crippen LogP contribution in [0.4, 0.5) is 5.82 Å². The summed E-state index contributed by atoms with van der Waals surface area (Å²) < 4.78 is 10.2. The minimum atomic E-state index is 0.0916. The van der Waals surface area contributed by atoms with Crippen molar-refractivity contribution < 1.29 is 9.47 Å². The van der Waals surface area contributed by atoms with Gasteiger partial charge in [0.1, 0.15) is 6.07 Å². The van der Waals surface area contributed by atoms with E-state index in [1.165, 1.54) is 6.20 Å². The predicted octanol–water partition coefficient (Wildman–Crippen LogP) is 0.836. The first kappa shape index (κ1) is 14.4. The number of hydrogen-bond acceptors (Lipinski definition) is 6. The molecule has 0 radical (unpaired) electrons. The topological polar surface area (TPSA) is 71.3 Å². The number of aromatic nitrogens is 2. The maximum Gasteiger partial charge on any atom is 0.183 e. The Morgan fingerprint density at radius 3 is 2.67 bits per heavy atom. The third-order valence-corrected chi connectivity index (χ3v) is 2.53. The Hall–Kier alpha value is -1.71. The molecule has 0 saturated heterocycles. The van der Waals surface area contributed by atoms with Crippen molar-refractivity contribution in [2.75, 3.05) is 38.9 Å². The average Bonchev–Trinajstić information content (AvgIpc) is 2.40. The number of nitrogens with zero attached hydrogens (tertiary/aromatic N) is 4. The second kappa shape index (κ2) is 7.58. The third kappa shape index (κ3) is 3.65. The molecule has 0 aliphatic rings. The molecular formula is C12H18N4O2. The van der Waals surface area contributed by atoms with Crippen LogP contribution >= 0.6 is 0 Å². The highest BCUT2D eigenvalue weighted by molar-refractivity contribution is 5.50. The van der Waals surface area contributed by atoms with Crippen LogP contribution in [0.1, 0.15) is 12.6 Å². The van der Waals surface area contributed by atoms with Crippen LogP contribution in [0.25, 0.3) is 0 Å². The van der Waals surface area contributed by atoms with Crippen molar-refractivity contribution in [3.63, 3.8) is 0 Å². The highest BCUT2D eigenvalue weighted by atomic mass is 16.5. The summed E-state index contributed by atoms with van der Waals surface area (Å²) in [5, 5.41) is 9.06. The van der Waals surface area contributed by atoms with Crippen LogP contribution < -0.4 is 4.90 Å². The first-order valence-corrected chi connectivity index (χ1v) is 5.70. The Bertz CT molecular complexity index is 405. The van der Waals surface area contributed by atoms with Crippen molar-refractivity contribution in [1.82, 2.24) is 9.97 Å². The van der Waals surface area contributed by atoms with Crippen molar-refractivity contribution in [3.8, 4) is 6.07 Å². The van der Waals surface area contributed by atoms with E-state index < -0.39 is 0 Å². The van der Waals surface area contributed by atoms with Gasteiger partial charge in [-0.3, -0.25) is 0 Å². The Balaban J connectivity index is 2.97. The van der Waals surface area contributed by atoms with Gasteiger partial charge in [-0.2, -0.15) is 5.26 Å². The zero-order chi connectivity index (χ0) is 13.4. The van der Waals surface area contributed by atoms with Gasteiger partial charge in [-0.25, -0.2) is 9.97 Å². The van der Waals surface area contributed by atoms with Gasteiger partial charge in [-0.15, -0.1) is 0 Å². The number of anilines is 1. The molecule has 0 saturated carbocycles. The summed E-state index contributed by atoms with van der Waals surface area (Å²) >= 11 is 0. The summed E-state index contributed by atoms with van der Waals surface area (Å²) in [6, 6.07) is 2.14. The molecule has 0 aliphatic heterocycles. The molecule has 1 rings (SSSR count). The highest BCUT2D eigenvalue weighted by Gasteiger charge is 2.19. The fourth-order valence-electron chi connectivity index (χ4n) is 1.68. The van der Waals surface area contributed by atoms with Gasteiger partial charge in [-0.1, -0.05) is 0 Å². The van der Waals surface area contributed by atoms with Gasteiger partial charge in [0.05, 0.1) is 19.3 Å². The van der Waals surface area contributed by atoms with Gasteiger partial charge in [-0.05, 0) is 6.92 Å². The van der Waals surface area contributed by atoms with Gasteiger partial charge >= 0.3 is 0 Å². The minimum absolute atomic E-state index is 0.0916. The van der Waals surface area contributed by atoms with Crippen molar-refractivity contribution >= 4 is 5.82 Å². The fourth-order valence-corrected chi connectivity index (χ4v) is 1.68. The molecule has 0 aliphatic carbocycles. The number of rotatable bonds is 7. The van der Waals surface area contributed by atoms with E-state index in [0.717, 1.165) is 0 Å². The summed E-state index contributed by atoms with van der Waals surface area (Å²) in [5.74, 6) is 0.571. The first-order chi connectivity index (χ1) is 8.74. The Morgan fingerprint density at radius 2 is 2.06 bits per heavy atom. The normalized spacial score (nSPS) is 11.9. The van der Waals surface area contributed by atoms with E-state index in [-0.39, 0.29) is 6.04 Å². The van der Waals surface area contributed by atoms with Crippen molar-refractivity contribution in [2.45, 2.75) is 13.0 Å². The molecule has 0 N–H and O–H groups in total. The van der Waals surface area contributed by atoms with E-state index in [9.17, 15) is 0 Å². The molecule has 6 heteroatoms. The van der Waals surface area contributed by atoms with Crippen LogP contribution in [0, 0.1) is 11.3 Å². The molecule has 1 aromatic heterocycles. The summed E-state index contributed by atoms with van der Waals surface area (Å²) in [4.78, 5) is 10.2. The molecule has 0 fully saturated rings. The lowest BCUT2D eigenvalue weighted by atomic mass is 10.2. The first-order valence-electron chi connectivity index (χ1n) is 5.70. The van der Waals surface area contributed by atoms with Crippen LogP contribution in [0.5, 0.6) is 0 Å². The zero-order valence-electron chi connectivity index (χ0n) is 11.0. The summed E-state index contributed by atoms with van der Waals surface area (Å²) in [7, 11) is 3.29. The van der Waals surface area contributed by atoms with E-state index in [2.05, 4.69) is 16.0 Å². The quantitative estimate of drug-likeness (QED) is 0.714. The molecule has 1 heterocycles. The molecule has 0 spiro atoms. The second-order valence-electron chi connectivity index (χ2n) is 3.83. The molecule has 98 valence electrons. The number of nitriles is 1. The minimum Gasteiger partial charge on any atom is -0.383 e. The van der Waals surface area contributed by atoms with Gasteiger partial charge in [0.25, 0.3) is 0 Å². The number of ether oxygens (including phenoxy) is 2. The Morgan fingerprint density at radius 1 is 1.33 bits per heavy atom. The molecule has 0 aromatic carbocycles. The lowest BCUT2D eigenvalue weighted by Crippen LogP contribution is -2.39. The molecule has 0 amide bonds. The van der Waals surface area contributed by atoms with Crippen LogP contribution in [0.3, 0.4) is 0 Å². The molecule has 1 unspecified atom stereocenters. The molecule has 1 atom stereocenters. The van der Waals surface area contributed by atoms with Crippen LogP contribution in [-0.4, -0.2) is 50.0 Å². The van der Waals surface area contributed by atoms with Gasteiger partial charge < -0.3 is 14.4 Å². The number of methoxy groups -OCH3 is 2. The summed E-state index contributed by atoms with van der Waals surface area (Å²) in [6.07, 6.45) is 3.09. The second-order valence-corrected chi connectivity index (χ2v) is 3.83. The lowest BCUT2D eigenvalue weighted by Gasteiger charge is -2.29. The van der Waals surface area contributed by atoms with Crippen molar-refractivity contribution in [1.29, 1.82) is 5.26 Å². The predicted molar refractivity (Wildman–Crippen MR) is 67.3 cm³/mol. The smallest absolute Gasteiger partial charge is 0.183 e. The van der Waals surface area contributed by atoms with E-state index in [0.29, 0.717) is 31.3 Å². The molecule has 18 heavy (non-hydrogen) atoms. The van der Waals surface area contributed by atoms with Crippen LogP contribution in [-0.2, 0) is 9.47 Å². The van der Waals surface area contributed by atoms with Crippen molar-refractivity contribution in [3.05, 3.63) is 18.1 Å². The summed E-state index contributed by atoms with van der Waals surface area (Å²) in [6.45, 7) is 3.74. The van der Waals surface area contributed by atoms with E-state index in [1.807, 2.05) is 11.8 Å². The van der Waals surface area contributed by atoms with Crippen molar-refractivity contribution in [2.24, 2.45) is 0 Å². The van der Waals surface area contributed by atoms with Gasteiger partial charge in [0, 0.05) is 33.2 Å². The van der Waals surface area contributed by atoms with E-state index in [1.54, 1.807) is 20.4 Å². The molecule has 6 nitrogen and oxygen atoms in total. The maximum atomic E-state index is 9.06. The molecule has 0 bridgehead atoms. The van der Waals surface area contributed by atoms with E-state index in [4.69, 9.17) is 14.7 Å². The maximum absolute atomic E-state index is 9.06. The molecular weight excluding hydrogens is 232 g/mol. The van der Waals surface area contributed by atoms with E-state index >= 15 is 0 Å². The lowest BCUT2D eigenvalue weighted by molar-refractivity contribution is 0.170. The highest BCUT2D eigenvalue weighted by Crippen LogP contribution is 2.16. The zero-order valence-corrected chi connectivity index (χ0v) is 11.0. The standard InChI is InChI=1S/C12H18N4O2/c1-10(9-18-3)16(6-7-17-2)12-11(8-13)14-4-5-15-12/h4-5,10H,6-7,9H2,1-3H3. The van der Waals surface area contributed by atoms with Gasteiger partial charge in [0.2, 0.25) is 0 Å².